The summed E-state index contributed by atoms with van der Waals surface area (Å²) in [6.07, 6.45) is 0. The Labute approximate surface area is 170 Å². The third-order valence-electron chi connectivity index (χ3n) is 1.29. The SMILES string of the molecule is O=S(=O)(O)C(F)(F)F.O=S(=O)(O)C(F)(F)F.[Zr].[c-]1[c-][c-][cH-][c-]1.[c-]1[c-][c-][cH-][c-]1. The number of rotatable bonds is 0. The summed E-state index contributed by atoms with van der Waals surface area (Å²) >= 11 is 0. The summed E-state index contributed by atoms with van der Waals surface area (Å²) in [4.78, 5) is 0. The minimum atomic E-state index is -5.84. The summed E-state index contributed by atoms with van der Waals surface area (Å²) in [5.41, 5.74) is -11.1. The van der Waals surface area contributed by atoms with Gasteiger partial charge in [-0.1, -0.05) is 0 Å². The number of halogens is 6. The maximum atomic E-state index is 10.7. The van der Waals surface area contributed by atoms with Crippen molar-refractivity contribution in [3.63, 3.8) is 0 Å². The largest absolute Gasteiger partial charge is 0.999 e. The van der Waals surface area contributed by atoms with Crippen LogP contribution < -0.4 is 0 Å². The fourth-order valence-electron chi connectivity index (χ4n) is 0.361. The van der Waals surface area contributed by atoms with Gasteiger partial charge in [-0.25, -0.2) is 0 Å². The predicted octanol–water partition coefficient (Wildman–Crippen LogP) is 2.00. The molecule has 0 aliphatic heterocycles. The van der Waals surface area contributed by atoms with E-state index in [1.54, 1.807) is 12.1 Å². The van der Waals surface area contributed by atoms with E-state index in [1.165, 1.54) is 0 Å². The Bertz CT molecular complexity index is 663. The van der Waals surface area contributed by atoms with Crippen molar-refractivity contribution in [2.75, 3.05) is 0 Å². The average Bonchev–Trinajstić information content (AvgIpc) is 3.15. The van der Waals surface area contributed by atoms with E-state index in [-0.39, 0.29) is 26.2 Å². The van der Waals surface area contributed by atoms with Gasteiger partial charge in [0.05, 0.1) is 0 Å². The predicted molar refractivity (Wildman–Crippen MR) is 70.0 cm³/mol. The van der Waals surface area contributed by atoms with Crippen LogP contribution in [0.25, 0.3) is 0 Å². The van der Waals surface area contributed by atoms with Crippen LogP contribution in [0.15, 0.2) is 12.1 Å². The molecule has 0 aromatic heterocycles. The van der Waals surface area contributed by atoms with Crippen molar-refractivity contribution in [1.29, 1.82) is 0 Å². The van der Waals surface area contributed by atoms with Crippen LogP contribution in [0.4, 0.5) is 26.3 Å². The number of alkyl halides is 6. The first-order valence-corrected chi connectivity index (χ1v) is 8.11. The van der Waals surface area contributed by atoms with E-state index in [4.69, 9.17) is 25.9 Å². The molecule has 2 N–H and O–H groups in total. The molecular formula is C12H4F6O6S2Zr-10. The first-order valence-electron chi connectivity index (χ1n) is 5.23. The van der Waals surface area contributed by atoms with Crippen LogP contribution in [-0.2, 0) is 46.4 Å². The minimum absolute atomic E-state index is 0. The Kier molecular flexibility index (Phi) is 15.0. The Balaban J connectivity index is -0.000000286. The standard InChI is InChI=1S/2C5H.2CHF3O3S.Zr/c2*1-2-4-5-3-1;2*2-1(3,4)8(5,6)7;/h2*1H;2*(H,5,6,7);/q2*-5;;;. The molecule has 0 saturated heterocycles. The molecule has 0 fully saturated rings. The van der Waals surface area contributed by atoms with Crippen LogP contribution in [0.2, 0.25) is 0 Å². The second kappa shape index (κ2) is 13.2. The van der Waals surface area contributed by atoms with E-state index in [0.29, 0.717) is 0 Å². The molecule has 0 atom stereocenters. The van der Waals surface area contributed by atoms with Crippen molar-refractivity contribution < 1.29 is 78.5 Å². The third-order valence-corrected chi connectivity index (χ3v) is 2.46. The van der Waals surface area contributed by atoms with E-state index in [2.05, 4.69) is 48.5 Å². The van der Waals surface area contributed by atoms with Gasteiger partial charge < -0.3 is 60.7 Å². The molecule has 0 bridgehead atoms. The summed E-state index contributed by atoms with van der Waals surface area (Å²) in [5, 5.41) is 0. The zero-order valence-electron chi connectivity index (χ0n) is 12.3. The van der Waals surface area contributed by atoms with E-state index in [9.17, 15) is 26.3 Å². The molecule has 0 heterocycles. The van der Waals surface area contributed by atoms with Crippen LogP contribution in [-0.4, -0.2) is 37.0 Å². The van der Waals surface area contributed by atoms with Gasteiger partial charge in [-0.05, 0) is 0 Å². The zero-order valence-corrected chi connectivity index (χ0v) is 16.4. The quantitative estimate of drug-likeness (QED) is 0.242. The number of hydrogen-bond acceptors (Lipinski definition) is 4. The molecule has 0 aliphatic carbocycles. The van der Waals surface area contributed by atoms with Crippen molar-refractivity contribution >= 4 is 20.2 Å². The summed E-state index contributed by atoms with van der Waals surface area (Å²) in [6, 6.07) is 24.0. The molecule has 15 heteroatoms. The van der Waals surface area contributed by atoms with Crippen LogP contribution in [0.1, 0.15) is 0 Å². The van der Waals surface area contributed by atoms with Crippen molar-refractivity contribution in [2.24, 2.45) is 0 Å². The second-order valence-electron chi connectivity index (χ2n) is 3.21. The van der Waals surface area contributed by atoms with Crippen LogP contribution in [0.3, 0.4) is 0 Å². The van der Waals surface area contributed by atoms with Crippen molar-refractivity contribution in [3.8, 4) is 0 Å². The Hall–Kier alpha value is -1.02. The molecule has 0 amide bonds. The van der Waals surface area contributed by atoms with Gasteiger partial charge in [-0.3, -0.25) is 9.11 Å². The normalized spacial score (nSPS) is 11.3. The topological polar surface area (TPSA) is 109 Å². The summed E-state index contributed by atoms with van der Waals surface area (Å²) in [7, 11) is -11.7. The van der Waals surface area contributed by atoms with Gasteiger partial charge >= 0.3 is 31.3 Å². The Morgan fingerprint density at radius 1 is 0.593 bits per heavy atom. The van der Waals surface area contributed by atoms with Gasteiger partial charge in [0.15, 0.2) is 0 Å². The molecule has 2 rings (SSSR count). The minimum Gasteiger partial charge on any atom is -0.999 e. The molecule has 6 nitrogen and oxygen atoms in total. The van der Waals surface area contributed by atoms with Gasteiger partial charge in [0, 0.05) is 26.2 Å². The van der Waals surface area contributed by atoms with E-state index in [1.807, 2.05) is 0 Å². The van der Waals surface area contributed by atoms with Crippen LogP contribution in [0, 0.1) is 48.5 Å². The average molecular weight is 514 g/mol. The smallest absolute Gasteiger partial charge is 0.522 e. The molecule has 0 aliphatic rings. The van der Waals surface area contributed by atoms with Crippen LogP contribution in [0.5, 0.6) is 0 Å². The van der Waals surface area contributed by atoms with Gasteiger partial charge in [0.25, 0.3) is 0 Å². The Morgan fingerprint density at radius 2 is 0.741 bits per heavy atom. The maximum absolute atomic E-state index is 10.7. The molecule has 2 aromatic carbocycles. The van der Waals surface area contributed by atoms with Crippen molar-refractivity contribution in [1.82, 2.24) is 0 Å². The third kappa shape index (κ3) is 18.1. The molecule has 156 valence electrons. The number of hydrogen-bond donors (Lipinski definition) is 2. The second-order valence-corrected chi connectivity index (χ2v) is 6.03. The Morgan fingerprint density at radius 3 is 0.778 bits per heavy atom. The molecule has 2 aromatic rings. The first-order chi connectivity index (χ1) is 11.5. The van der Waals surface area contributed by atoms with Gasteiger partial charge in [0.1, 0.15) is 0 Å². The van der Waals surface area contributed by atoms with Crippen molar-refractivity contribution in [3.05, 3.63) is 60.7 Å². The van der Waals surface area contributed by atoms with E-state index >= 15 is 0 Å². The van der Waals surface area contributed by atoms with Crippen molar-refractivity contribution in [2.45, 2.75) is 11.0 Å². The zero-order chi connectivity index (χ0) is 21.1. The summed E-state index contributed by atoms with van der Waals surface area (Å²) in [6.45, 7) is 0. The first kappa shape index (κ1) is 30.7. The summed E-state index contributed by atoms with van der Waals surface area (Å²) in [5.74, 6) is 0. The fourth-order valence-corrected chi connectivity index (χ4v) is 0.361. The van der Waals surface area contributed by atoms with Gasteiger partial charge in [0.2, 0.25) is 0 Å². The van der Waals surface area contributed by atoms with Gasteiger partial charge in [-0.2, -0.15) is 43.2 Å². The molecule has 0 spiro atoms. The van der Waals surface area contributed by atoms with E-state index < -0.39 is 31.3 Å². The molecular weight excluding hydrogens is 509 g/mol. The maximum Gasteiger partial charge on any atom is 0.522 e. The molecule has 27 heavy (non-hydrogen) atoms. The molecule has 0 radical (unpaired) electrons. The monoisotopic (exact) mass is 512 g/mol. The van der Waals surface area contributed by atoms with E-state index in [0.717, 1.165) is 0 Å². The van der Waals surface area contributed by atoms with Crippen LogP contribution >= 0.6 is 0 Å². The molecule has 0 saturated carbocycles. The summed E-state index contributed by atoms with van der Waals surface area (Å²) < 4.78 is 115. The van der Waals surface area contributed by atoms with Gasteiger partial charge in [-0.15, -0.1) is 0 Å². The fraction of sp³-hybridized carbons (Fsp3) is 0.167. The molecule has 0 unspecified atom stereocenters.